The van der Waals surface area contributed by atoms with Gasteiger partial charge in [0.1, 0.15) is 12.4 Å². The molecule has 0 atom stereocenters. The Morgan fingerprint density at radius 2 is 2.17 bits per heavy atom. The van der Waals surface area contributed by atoms with Gasteiger partial charge in [0.2, 0.25) is 5.91 Å². The Morgan fingerprint density at radius 3 is 2.92 bits per heavy atom. The van der Waals surface area contributed by atoms with E-state index in [1.807, 2.05) is 30.0 Å². The number of hydrogen-bond acceptors (Lipinski definition) is 5. The number of aromatic nitrogens is 2. The molecule has 0 spiro atoms. The Labute approximate surface area is 141 Å². The number of methoxy groups -OCH3 is 1. The van der Waals surface area contributed by atoms with Crippen LogP contribution in [0.25, 0.3) is 0 Å². The highest BCUT2D eigenvalue weighted by Gasteiger charge is 2.20. The minimum atomic E-state index is 0.0901. The predicted octanol–water partition coefficient (Wildman–Crippen LogP) is 2.97. The first-order valence-corrected chi connectivity index (χ1v) is 8.08. The van der Waals surface area contributed by atoms with Gasteiger partial charge in [0.25, 0.3) is 0 Å². The molecule has 0 aliphatic carbocycles. The summed E-state index contributed by atoms with van der Waals surface area (Å²) in [5.74, 6) is 1.49. The van der Waals surface area contributed by atoms with Crippen LogP contribution in [0.15, 0.2) is 24.3 Å². The number of fused-ring (bicyclic) bond motifs is 1. The van der Waals surface area contributed by atoms with Gasteiger partial charge in [-0.3, -0.25) is 4.79 Å². The van der Waals surface area contributed by atoms with Crippen LogP contribution in [0.1, 0.15) is 30.4 Å². The lowest BCUT2D eigenvalue weighted by Crippen LogP contribution is -2.33. The number of ether oxygens (including phenoxy) is 1. The second-order valence-corrected chi connectivity index (χ2v) is 5.99. The van der Waals surface area contributed by atoms with Gasteiger partial charge in [0.05, 0.1) is 0 Å². The summed E-state index contributed by atoms with van der Waals surface area (Å²) in [4.78, 5) is 22.4. The third-order valence-electron chi connectivity index (χ3n) is 4.02. The smallest absolute Gasteiger partial charge is 0.223 e. The zero-order valence-electron chi connectivity index (χ0n) is 14.3. The Balaban J connectivity index is 1.85. The largest absolute Gasteiger partial charge is 0.377 e. The molecule has 1 aromatic carbocycles. The molecule has 0 unspecified atom stereocenters. The van der Waals surface area contributed by atoms with Gasteiger partial charge in [-0.25, -0.2) is 9.97 Å². The number of nitrogens with zero attached hydrogens (tertiary/aromatic N) is 3. The quantitative estimate of drug-likeness (QED) is 0.935. The highest BCUT2D eigenvalue weighted by atomic mass is 16.5. The van der Waals surface area contributed by atoms with Crippen molar-refractivity contribution in [2.45, 2.75) is 33.3 Å². The molecule has 0 saturated carbocycles. The molecule has 6 heteroatoms. The first-order chi connectivity index (χ1) is 11.6. The maximum Gasteiger partial charge on any atom is 0.223 e. The fourth-order valence-electron chi connectivity index (χ4n) is 3.04. The number of benzene rings is 1. The molecule has 1 aliphatic rings. The third-order valence-corrected chi connectivity index (χ3v) is 4.02. The molecule has 1 N–H and O–H groups in total. The molecular formula is C18H22N4O2. The highest BCUT2D eigenvalue weighted by Crippen LogP contribution is 2.30. The van der Waals surface area contributed by atoms with Crippen molar-refractivity contribution < 1.29 is 9.53 Å². The molecule has 0 radical (unpaired) electrons. The van der Waals surface area contributed by atoms with E-state index in [2.05, 4.69) is 21.4 Å². The molecule has 0 fully saturated rings. The van der Waals surface area contributed by atoms with Crippen LogP contribution in [0.3, 0.4) is 0 Å². The second kappa shape index (κ2) is 6.97. The molecule has 0 bridgehead atoms. The van der Waals surface area contributed by atoms with Gasteiger partial charge in [-0.1, -0.05) is 0 Å². The molecule has 6 nitrogen and oxygen atoms in total. The van der Waals surface area contributed by atoms with Gasteiger partial charge in [-0.15, -0.1) is 0 Å². The van der Waals surface area contributed by atoms with E-state index < -0.39 is 0 Å². The summed E-state index contributed by atoms with van der Waals surface area (Å²) in [6, 6.07) is 7.98. The van der Waals surface area contributed by atoms with E-state index in [0.29, 0.717) is 12.4 Å². The maximum absolute atomic E-state index is 11.8. The summed E-state index contributed by atoms with van der Waals surface area (Å²) in [5.41, 5.74) is 4.04. The first-order valence-electron chi connectivity index (χ1n) is 8.08. The third kappa shape index (κ3) is 3.54. The van der Waals surface area contributed by atoms with Gasteiger partial charge < -0.3 is 15.0 Å². The maximum atomic E-state index is 11.8. The number of carbonyl (C=O) groups excluding carboxylic acids is 1. The van der Waals surface area contributed by atoms with Gasteiger partial charge in [-0.05, 0) is 43.5 Å². The van der Waals surface area contributed by atoms with Crippen molar-refractivity contribution >= 4 is 23.1 Å². The van der Waals surface area contributed by atoms with Crippen molar-refractivity contribution in [3.05, 3.63) is 41.3 Å². The normalized spacial score (nSPS) is 13.5. The molecule has 1 aromatic heterocycles. The number of rotatable bonds is 4. The summed E-state index contributed by atoms with van der Waals surface area (Å²) < 4.78 is 5.11. The minimum Gasteiger partial charge on any atom is -0.377 e. The van der Waals surface area contributed by atoms with Crippen LogP contribution in [0.2, 0.25) is 0 Å². The van der Waals surface area contributed by atoms with Crippen molar-refractivity contribution in [1.82, 2.24) is 9.97 Å². The zero-order valence-corrected chi connectivity index (χ0v) is 14.3. The standard InChI is InChI=1S/C18H22N4O2/c1-12-9-17(21-18(19-12)11-24-3)20-15-6-7-16-14(10-15)5-4-8-22(16)13(2)23/h6-7,9-10H,4-5,8,11H2,1-3H3,(H,19,20,21). The molecule has 3 rings (SSSR count). The molecule has 0 saturated heterocycles. The van der Waals surface area contributed by atoms with E-state index in [4.69, 9.17) is 4.74 Å². The number of amides is 1. The van der Waals surface area contributed by atoms with E-state index in [1.54, 1.807) is 14.0 Å². The van der Waals surface area contributed by atoms with E-state index in [1.165, 1.54) is 5.56 Å². The lowest BCUT2D eigenvalue weighted by Gasteiger charge is -2.29. The topological polar surface area (TPSA) is 67.3 Å². The van der Waals surface area contributed by atoms with Crippen LogP contribution in [-0.4, -0.2) is 29.5 Å². The summed E-state index contributed by atoms with van der Waals surface area (Å²) in [6.45, 7) is 4.72. The average molecular weight is 326 g/mol. The number of nitrogens with one attached hydrogen (secondary N) is 1. The van der Waals surface area contributed by atoms with Crippen molar-refractivity contribution in [1.29, 1.82) is 0 Å². The van der Waals surface area contributed by atoms with Gasteiger partial charge in [0.15, 0.2) is 5.82 Å². The lowest BCUT2D eigenvalue weighted by molar-refractivity contribution is -0.116. The first kappa shape index (κ1) is 16.4. The molecule has 1 aliphatic heterocycles. The molecule has 2 aromatic rings. The predicted molar refractivity (Wildman–Crippen MR) is 93.6 cm³/mol. The van der Waals surface area contributed by atoms with Crippen LogP contribution < -0.4 is 10.2 Å². The SMILES string of the molecule is COCc1nc(C)cc(Nc2ccc3c(c2)CCCN3C(C)=O)n1. The monoisotopic (exact) mass is 326 g/mol. The Morgan fingerprint density at radius 1 is 1.33 bits per heavy atom. The fourth-order valence-corrected chi connectivity index (χ4v) is 3.04. The summed E-state index contributed by atoms with van der Waals surface area (Å²) in [7, 11) is 1.63. The molecular weight excluding hydrogens is 304 g/mol. The summed E-state index contributed by atoms with van der Waals surface area (Å²) in [6.07, 6.45) is 1.97. The second-order valence-electron chi connectivity index (χ2n) is 5.99. The van der Waals surface area contributed by atoms with Crippen LogP contribution >= 0.6 is 0 Å². The van der Waals surface area contributed by atoms with Gasteiger partial charge in [0, 0.05) is 43.7 Å². The van der Waals surface area contributed by atoms with E-state index >= 15 is 0 Å². The van der Waals surface area contributed by atoms with Gasteiger partial charge >= 0.3 is 0 Å². The van der Waals surface area contributed by atoms with Crippen LogP contribution in [0.5, 0.6) is 0 Å². The lowest BCUT2D eigenvalue weighted by atomic mass is 10.0. The zero-order chi connectivity index (χ0) is 17.1. The van der Waals surface area contributed by atoms with Crippen molar-refractivity contribution in [2.24, 2.45) is 0 Å². The molecule has 2 heterocycles. The van der Waals surface area contributed by atoms with Crippen molar-refractivity contribution in [3.8, 4) is 0 Å². The van der Waals surface area contributed by atoms with Crippen LogP contribution in [0.4, 0.5) is 17.2 Å². The number of hydrogen-bond donors (Lipinski definition) is 1. The number of anilines is 3. The highest BCUT2D eigenvalue weighted by molar-refractivity contribution is 5.93. The Kier molecular flexibility index (Phi) is 4.76. The van der Waals surface area contributed by atoms with Gasteiger partial charge in [-0.2, -0.15) is 0 Å². The van der Waals surface area contributed by atoms with Crippen molar-refractivity contribution in [3.63, 3.8) is 0 Å². The molecule has 126 valence electrons. The summed E-state index contributed by atoms with van der Waals surface area (Å²) in [5, 5.41) is 3.33. The van der Waals surface area contributed by atoms with E-state index in [0.717, 1.165) is 42.3 Å². The molecule has 1 amide bonds. The van der Waals surface area contributed by atoms with E-state index in [9.17, 15) is 4.79 Å². The van der Waals surface area contributed by atoms with Crippen LogP contribution in [0, 0.1) is 6.92 Å². The van der Waals surface area contributed by atoms with Crippen LogP contribution in [-0.2, 0) is 22.6 Å². The van der Waals surface area contributed by atoms with Crippen molar-refractivity contribution in [2.75, 3.05) is 23.9 Å². The number of aryl methyl sites for hydroxylation is 2. The fraction of sp³-hybridized carbons (Fsp3) is 0.389. The number of carbonyl (C=O) groups is 1. The average Bonchev–Trinajstić information content (AvgIpc) is 2.53. The summed E-state index contributed by atoms with van der Waals surface area (Å²) >= 11 is 0. The Bertz CT molecular complexity index is 761. The minimum absolute atomic E-state index is 0.0901. The molecule has 24 heavy (non-hydrogen) atoms. The Hall–Kier alpha value is -2.47. The van der Waals surface area contributed by atoms with E-state index in [-0.39, 0.29) is 5.91 Å².